The quantitative estimate of drug-likeness (QED) is 0.197. The molecule has 2 aromatic carbocycles. The number of guanidine groups is 1. The maximum absolute atomic E-state index is 13.2. The van der Waals surface area contributed by atoms with Crippen LogP contribution in [0.25, 0.3) is 0 Å². The van der Waals surface area contributed by atoms with Crippen LogP contribution in [0, 0.1) is 5.82 Å². The van der Waals surface area contributed by atoms with Gasteiger partial charge in [0.25, 0.3) is 0 Å². The Hall–Kier alpha value is -2.56. The van der Waals surface area contributed by atoms with E-state index in [4.69, 9.17) is 9.47 Å². The van der Waals surface area contributed by atoms with Crippen molar-refractivity contribution in [3.63, 3.8) is 0 Å². The molecule has 1 amide bonds. The maximum Gasteiger partial charge on any atom is 0.231 e. The molecule has 0 unspecified atom stereocenters. The first-order chi connectivity index (χ1) is 14.6. The predicted octanol–water partition coefficient (Wildman–Crippen LogP) is 2.63. The number of aliphatic imine (C=N–C) groups is 1. The summed E-state index contributed by atoms with van der Waals surface area (Å²) in [5, 5.41) is 9.20. The summed E-state index contributed by atoms with van der Waals surface area (Å²) in [5.74, 6) is 1.76. The highest BCUT2D eigenvalue weighted by Gasteiger charge is 2.12. The van der Waals surface area contributed by atoms with Crippen molar-refractivity contribution < 1.29 is 18.7 Å². The van der Waals surface area contributed by atoms with Crippen molar-refractivity contribution in [1.82, 2.24) is 16.0 Å². The number of hydrogen-bond acceptors (Lipinski definition) is 4. The van der Waals surface area contributed by atoms with Crippen LogP contribution in [0.15, 0.2) is 47.5 Å². The number of benzene rings is 2. The first-order valence-electron chi connectivity index (χ1n) is 10.1. The summed E-state index contributed by atoms with van der Waals surface area (Å²) in [5.41, 5.74) is 1.78. The summed E-state index contributed by atoms with van der Waals surface area (Å²) in [4.78, 5) is 16.5. The molecule has 0 saturated heterocycles. The molecule has 0 saturated carbocycles. The summed E-state index contributed by atoms with van der Waals surface area (Å²) in [6.45, 7) is 4.59. The third-order valence-corrected chi connectivity index (χ3v) is 4.44. The lowest BCUT2D eigenvalue weighted by molar-refractivity contribution is -0.120. The van der Waals surface area contributed by atoms with Gasteiger partial charge in [0, 0.05) is 26.2 Å². The minimum Gasteiger partial charge on any atom is -0.454 e. The third kappa shape index (κ3) is 8.23. The Balaban J connectivity index is 0.00000341. The highest BCUT2D eigenvalue weighted by Crippen LogP contribution is 2.32. The van der Waals surface area contributed by atoms with E-state index in [2.05, 4.69) is 20.9 Å². The monoisotopic (exact) mass is 542 g/mol. The topological polar surface area (TPSA) is 84.0 Å². The van der Waals surface area contributed by atoms with Gasteiger partial charge in [0.2, 0.25) is 12.7 Å². The van der Waals surface area contributed by atoms with Gasteiger partial charge in [0.1, 0.15) is 5.82 Å². The highest BCUT2D eigenvalue weighted by molar-refractivity contribution is 14.0. The molecule has 0 atom stereocenters. The first-order valence-corrected chi connectivity index (χ1v) is 10.1. The lowest BCUT2D eigenvalue weighted by Crippen LogP contribution is -2.41. The van der Waals surface area contributed by atoms with Crippen LogP contribution in [-0.4, -0.2) is 44.8 Å². The lowest BCUT2D eigenvalue weighted by atomic mass is 10.1. The number of fused-ring (bicyclic) bond motifs is 1. The summed E-state index contributed by atoms with van der Waals surface area (Å²) in [6, 6.07) is 12.0. The Kier molecular flexibility index (Phi) is 10.3. The predicted molar refractivity (Wildman–Crippen MR) is 129 cm³/mol. The van der Waals surface area contributed by atoms with Crippen molar-refractivity contribution in [3.8, 4) is 11.5 Å². The van der Waals surface area contributed by atoms with Gasteiger partial charge in [-0.1, -0.05) is 18.2 Å². The fourth-order valence-electron chi connectivity index (χ4n) is 3.01. The largest absolute Gasteiger partial charge is 0.454 e. The van der Waals surface area contributed by atoms with Crippen LogP contribution >= 0.6 is 24.0 Å². The second kappa shape index (κ2) is 13.0. The molecular formula is C22H28FIN4O3. The molecular weight excluding hydrogens is 514 g/mol. The van der Waals surface area contributed by atoms with E-state index >= 15 is 0 Å². The standard InChI is InChI=1S/C22H27FN4O3.HI/c1-2-24-22(26-9-8-16-6-7-19-20(13-16)30-15-29-19)27-11-10-25-21(28)14-17-4-3-5-18(23)12-17;/h3-7,12-13H,2,8-11,14-15H2,1H3,(H,25,28)(H2,24,26,27);1H. The molecule has 0 aromatic heterocycles. The minimum absolute atomic E-state index is 0. The number of carbonyl (C=O) groups is 1. The van der Waals surface area contributed by atoms with Gasteiger partial charge in [-0.3, -0.25) is 9.79 Å². The summed E-state index contributed by atoms with van der Waals surface area (Å²) < 4.78 is 23.9. The van der Waals surface area contributed by atoms with Crippen molar-refractivity contribution in [2.45, 2.75) is 19.8 Å². The number of halogens is 2. The summed E-state index contributed by atoms with van der Waals surface area (Å²) in [7, 11) is 0. The van der Waals surface area contributed by atoms with E-state index in [1.54, 1.807) is 12.1 Å². The fourth-order valence-corrected chi connectivity index (χ4v) is 3.01. The van der Waals surface area contributed by atoms with E-state index in [9.17, 15) is 9.18 Å². The second-order valence-corrected chi connectivity index (χ2v) is 6.78. The van der Waals surface area contributed by atoms with Gasteiger partial charge in [0.05, 0.1) is 6.42 Å². The molecule has 1 aliphatic heterocycles. The number of nitrogens with one attached hydrogen (secondary N) is 3. The van der Waals surface area contributed by atoms with Gasteiger partial charge < -0.3 is 25.4 Å². The van der Waals surface area contributed by atoms with Gasteiger partial charge >= 0.3 is 0 Å². The number of hydrogen-bond donors (Lipinski definition) is 3. The Bertz CT molecular complexity index is 895. The van der Waals surface area contributed by atoms with Crippen molar-refractivity contribution in [1.29, 1.82) is 0 Å². The van der Waals surface area contributed by atoms with Crippen LogP contribution in [0.4, 0.5) is 4.39 Å². The molecule has 1 heterocycles. The van der Waals surface area contributed by atoms with Crippen molar-refractivity contribution >= 4 is 35.8 Å². The molecule has 0 bridgehead atoms. The van der Waals surface area contributed by atoms with E-state index < -0.39 is 0 Å². The zero-order valence-electron chi connectivity index (χ0n) is 17.4. The first kappa shape index (κ1) is 24.7. The van der Waals surface area contributed by atoms with Crippen LogP contribution in [0.1, 0.15) is 18.1 Å². The molecule has 3 rings (SSSR count). The van der Waals surface area contributed by atoms with Crippen LogP contribution < -0.4 is 25.4 Å². The Labute approximate surface area is 198 Å². The Morgan fingerprint density at radius 3 is 2.65 bits per heavy atom. The van der Waals surface area contributed by atoms with Crippen LogP contribution in [0.2, 0.25) is 0 Å². The molecule has 0 spiro atoms. The second-order valence-electron chi connectivity index (χ2n) is 6.78. The molecule has 2 aromatic rings. The highest BCUT2D eigenvalue weighted by atomic mass is 127. The average molecular weight is 542 g/mol. The van der Waals surface area contributed by atoms with Gasteiger partial charge in [-0.25, -0.2) is 4.39 Å². The molecule has 7 nitrogen and oxygen atoms in total. The van der Waals surface area contributed by atoms with Crippen LogP contribution in [0.5, 0.6) is 11.5 Å². The van der Waals surface area contributed by atoms with E-state index in [-0.39, 0.29) is 48.9 Å². The van der Waals surface area contributed by atoms with E-state index in [0.717, 1.165) is 30.0 Å². The Morgan fingerprint density at radius 2 is 1.84 bits per heavy atom. The summed E-state index contributed by atoms with van der Waals surface area (Å²) >= 11 is 0. The SMILES string of the molecule is CCNC(=NCCc1ccc2c(c1)OCO2)NCCNC(=O)Cc1cccc(F)c1.I. The third-order valence-electron chi connectivity index (χ3n) is 4.44. The van der Waals surface area contributed by atoms with E-state index in [1.165, 1.54) is 12.1 Å². The smallest absolute Gasteiger partial charge is 0.231 e. The normalized spacial score (nSPS) is 12.1. The number of ether oxygens (including phenoxy) is 2. The van der Waals surface area contributed by atoms with E-state index in [0.29, 0.717) is 31.2 Å². The number of nitrogens with zero attached hydrogens (tertiary/aromatic N) is 1. The number of rotatable bonds is 9. The van der Waals surface area contributed by atoms with E-state index in [1.807, 2.05) is 25.1 Å². The van der Waals surface area contributed by atoms with Gasteiger partial charge in [-0.2, -0.15) is 0 Å². The Morgan fingerprint density at radius 1 is 1.03 bits per heavy atom. The molecule has 168 valence electrons. The number of amides is 1. The van der Waals surface area contributed by atoms with Crippen LogP contribution in [-0.2, 0) is 17.6 Å². The summed E-state index contributed by atoms with van der Waals surface area (Å²) in [6.07, 6.45) is 0.930. The molecule has 9 heteroatoms. The van der Waals surface area contributed by atoms with Crippen LogP contribution in [0.3, 0.4) is 0 Å². The molecule has 0 radical (unpaired) electrons. The van der Waals surface area contributed by atoms with Gasteiger partial charge in [-0.15, -0.1) is 24.0 Å². The molecule has 0 aliphatic carbocycles. The maximum atomic E-state index is 13.2. The van der Waals surface area contributed by atoms with Gasteiger partial charge in [0.15, 0.2) is 17.5 Å². The molecule has 1 aliphatic rings. The van der Waals surface area contributed by atoms with Crippen molar-refractivity contribution in [2.75, 3.05) is 33.0 Å². The fraction of sp³-hybridized carbons (Fsp3) is 0.364. The zero-order valence-corrected chi connectivity index (χ0v) is 19.8. The minimum atomic E-state index is -0.339. The van der Waals surface area contributed by atoms with Crippen molar-refractivity contribution in [3.05, 3.63) is 59.4 Å². The zero-order chi connectivity index (χ0) is 21.2. The molecule has 31 heavy (non-hydrogen) atoms. The molecule has 3 N–H and O–H groups in total. The molecule has 0 fully saturated rings. The number of carbonyl (C=O) groups excluding carboxylic acids is 1. The van der Waals surface area contributed by atoms with Crippen molar-refractivity contribution in [2.24, 2.45) is 4.99 Å². The lowest BCUT2D eigenvalue weighted by Gasteiger charge is -2.12. The average Bonchev–Trinajstić information content (AvgIpc) is 3.19. The van der Waals surface area contributed by atoms with Gasteiger partial charge in [-0.05, 0) is 48.7 Å².